The molecule has 0 amide bonds. The second-order valence-electron chi connectivity index (χ2n) is 9.01. The van der Waals surface area contributed by atoms with Gasteiger partial charge in [0.05, 0.1) is 11.4 Å². The molecule has 0 unspecified atom stereocenters. The van der Waals surface area contributed by atoms with Crippen LogP contribution in [0.25, 0.3) is 33.4 Å². The van der Waals surface area contributed by atoms with Crippen molar-refractivity contribution in [1.82, 2.24) is 30.0 Å². The molecule has 0 spiro atoms. The van der Waals surface area contributed by atoms with Crippen molar-refractivity contribution in [1.29, 1.82) is 0 Å². The molecule has 8 nitrogen and oxygen atoms in total. The molecule has 0 atom stereocenters. The summed E-state index contributed by atoms with van der Waals surface area (Å²) in [7, 11) is 0. The average molecular weight is 491 g/mol. The molecule has 2 N–H and O–H groups in total. The summed E-state index contributed by atoms with van der Waals surface area (Å²) in [4.78, 5) is 3.36. The molecule has 6 aromatic rings. The summed E-state index contributed by atoms with van der Waals surface area (Å²) in [5.41, 5.74) is 9.12. The fourth-order valence-electron chi connectivity index (χ4n) is 4.60. The highest BCUT2D eigenvalue weighted by Gasteiger charge is 2.16. The Morgan fingerprint density at radius 1 is 0.514 bits per heavy atom. The summed E-state index contributed by atoms with van der Waals surface area (Å²) in [6, 6.07) is 27.9. The standard InChI is InChI=1S/C29H26N6O2/c36-15-13-20-9-11-22(28(17-20)34-30-24-5-1-2-6-25(24)31-34)19-23-12-10-21(14-16-37)18-29(23)35-32-26-7-3-4-8-27(26)33-35/h1-12,17-18,36-37H,13-16,19H2. The first kappa shape index (κ1) is 23.0. The number of fused-ring (bicyclic) bond motifs is 2. The lowest BCUT2D eigenvalue weighted by Gasteiger charge is -2.14. The molecule has 184 valence electrons. The topological polar surface area (TPSA) is 102 Å². The normalized spacial score (nSPS) is 11.5. The number of rotatable bonds is 8. The largest absolute Gasteiger partial charge is 0.396 e. The van der Waals surface area contributed by atoms with Crippen molar-refractivity contribution >= 4 is 22.1 Å². The van der Waals surface area contributed by atoms with Crippen molar-refractivity contribution in [3.05, 3.63) is 107 Å². The van der Waals surface area contributed by atoms with Gasteiger partial charge in [0.1, 0.15) is 22.1 Å². The van der Waals surface area contributed by atoms with E-state index in [0.29, 0.717) is 19.3 Å². The van der Waals surface area contributed by atoms with Crippen LogP contribution in [-0.4, -0.2) is 53.4 Å². The predicted molar refractivity (Wildman–Crippen MR) is 142 cm³/mol. The van der Waals surface area contributed by atoms with Crippen LogP contribution in [0.3, 0.4) is 0 Å². The highest BCUT2D eigenvalue weighted by molar-refractivity contribution is 5.74. The maximum absolute atomic E-state index is 9.52. The van der Waals surface area contributed by atoms with E-state index in [2.05, 4.69) is 12.1 Å². The molecule has 0 radical (unpaired) electrons. The maximum atomic E-state index is 9.52. The Labute approximate surface area is 213 Å². The molecular weight excluding hydrogens is 464 g/mol. The molecule has 6 rings (SSSR count). The van der Waals surface area contributed by atoms with Crippen molar-refractivity contribution in [2.24, 2.45) is 0 Å². The molecule has 0 aliphatic heterocycles. The summed E-state index contributed by atoms with van der Waals surface area (Å²) < 4.78 is 0. The Hall–Kier alpha value is -4.40. The predicted octanol–water partition coefficient (Wildman–Crippen LogP) is 3.81. The van der Waals surface area contributed by atoms with Crippen molar-refractivity contribution < 1.29 is 10.2 Å². The van der Waals surface area contributed by atoms with Gasteiger partial charge in [-0.3, -0.25) is 0 Å². The first-order chi connectivity index (χ1) is 18.2. The van der Waals surface area contributed by atoms with Crippen LogP contribution in [0.5, 0.6) is 0 Å². The molecule has 8 heteroatoms. The number of aromatic nitrogens is 6. The van der Waals surface area contributed by atoms with Gasteiger partial charge in [-0.15, -0.1) is 20.4 Å². The van der Waals surface area contributed by atoms with Crippen molar-refractivity contribution in [2.45, 2.75) is 19.3 Å². The van der Waals surface area contributed by atoms with E-state index in [0.717, 1.165) is 55.7 Å². The lowest BCUT2D eigenvalue weighted by atomic mass is 9.98. The van der Waals surface area contributed by atoms with E-state index in [1.165, 1.54) is 0 Å². The molecular formula is C29H26N6O2. The van der Waals surface area contributed by atoms with Gasteiger partial charge in [0.15, 0.2) is 0 Å². The molecule has 0 saturated carbocycles. The van der Waals surface area contributed by atoms with Crippen LogP contribution in [0.2, 0.25) is 0 Å². The second-order valence-corrected chi connectivity index (χ2v) is 9.01. The molecule has 37 heavy (non-hydrogen) atoms. The monoisotopic (exact) mass is 490 g/mol. The third-order valence-electron chi connectivity index (χ3n) is 6.49. The fraction of sp³-hybridized carbons (Fsp3) is 0.172. The Morgan fingerprint density at radius 3 is 1.24 bits per heavy atom. The summed E-state index contributed by atoms with van der Waals surface area (Å²) >= 11 is 0. The molecule has 0 fully saturated rings. The third-order valence-corrected chi connectivity index (χ3v) is 6.49. The van der Waals surface area contributed by atoms with E-state index >= 15 is 0 Å². The highest BCUT2D eigenvalue weighted by Crippen LogP contribution is 2.26. The first-order valence-electron chi connectivity index (χ1n) is 12.3. The number of nitrogens with zero attached hydrogens (tertiary/aromatic N) is 6. The van der Waals surface area contributed by atoms with E-state index in [1.807, 2.05) is 72.8 Å². The minimum Gasteiger partial charge on any atom is -0.396 e. The van der Waals surface area contributed by atoms with Crippen LogP contribution in [0.4, 0.5) is 0 Å². The van der Waals surface area contributed by atoms with Gasteiger partial charge in [0.2, 0.25) is 0 Å². The summed E-state index contributed by atoms with van der Waals surface area (Å²) in [6.07, 6.45) is 1.71. The van der Waals surface area contributed by atoms with Gasteiger partial charge in [0, 0.05) is 19.6 Å². The Morgan fingerprint density at radius 2 is 0.892 bits per heavy atom. The van der Waals surface area contributed by atoms with Crippen LogP contribution in [-0.2, 0) is 19.3 Å². The first-order valence-corrected chi connectivity index (χ1v) is 12.3. The molecule has 4 aromatic carbocycles. The van der Waals surface area contributed by atoms with Gasteiger partial charge in [-0.05, 0) is 71.5 Å². The zero-order valence-corrected chi connectivity index (χ0v) is 20.2. The van der Waals surface area contributed by atoms with E-state index in [1.54, 1.807) is 9.59 Å². The number of aliphatic hydroxyl groups excluding tert-OH is 2. The van der Waals surface area contributed by atoms with Crippen molar-refractivity contribution in [2.75, 3.05) is 13.2 Å². The lowest BCUT2D eigenvalue weighted by Crippen LogP contribution is -2.09. The van der Waals surface area contributed by atoms with Crippen LogP contribution < -0.4 is 0 Å². The molecule has 2 heterocycles. The van der Waals surface area contributed by atoms with E-state index in [4.69, 9.17) is 20.4 Å². The summed E-state index contributed by atoms with van der Waals surface area (Å²) in [6.45, 7) is 0.143. The highest BCUT2D eigenvalue weighted by atomic mass is 16.3. The number of hydrogen-bond acceptors (Lipinski definition) is 6. The third kappa shape index (κ3) is 4.60. The molecule has 0 aliphatic rings. The second kappa shape index (κ2) is 9.93. The van der Waals surface area contributed by atoms with Crippen molar-refractivity contribution in [3.8, 4) is 11.4 Å². The summed E-state index contributed by atoms with van der Waals surface area (Å²) in [5.74, 6) is 0. The van der Waals surface area contributed by atoms with Gasteiger partial charge < -0.3 is 10.2 Å². The van der Waals surface area contributed by atoms with E-state index < -0.39 is 0 Å². The fourth-order valence-corrected chi connectivity index (χ4v) is 4.60. The smallest absolute Gasteiger partial charge is 0.113 e. The average Bonchev–Trinajstić information content (AvgIpc) is 3.55. The molecule has 0 saturated heterocycles. The van der Waals surface area contributed by atoms with Crippen LogP contribution in [0.1, 0.15) is 22.3 Å². The Balaban J connectivity index is 1.47. The quantitative estimate of drug-likeness (QED) is 0.336. The number of aliphatic hydroxyl groups is 2. The number of hydrogen-bond donors (Lipinski definition) is 2. The zero-order chi connectivity index (χ0) is 25.2. The Bertz CT molecular complexity index is 1510. The number of benzene rings is 4. The van der Waals surface area contributed by atoms with Crippen LogP contribution >= 0.6 is 0 Å². The van der Waals surface area contributed by atoms with Crippen LogP contribution in [0, 0.1) is 0 Å². The van der Waals surface area contributed by atoms with Crippen molar-refractivity contribution in [3.63, 3.8) is 0 Å². The molecule has 0 aliphatic carbocycles. The van der Waals surface area contributed by atoms with Gasteiger partial charge in [-0.25, -0.2) is 0 Å². The van der Waals surface area contributed by atoms with E-state index in [-0.39, 0.29) is 13.2 Å². The maximum Gasteiger partial charge on any atom is 0.113 e. The van der Waals surface area contributed by atoms with Gasteiger partial charge >= 0.3 is 0 Å². The zero-order valence-electron chi connectivity index (χ0n) is 20.2. The minimum absolute atomic E-state index is 0.0717. The summed E-state index contributed by atoms with van der Waals surface area (Å²) in [5, 5.41) is 37.9. The van der Waals surface area contributed by atoms with Crippen LogP contribution in [0.15, 0.2) is 84.9 Å². The molecule has 0 bridgehead atoms. The lowest BCUT2D eigenvalue weighted by molar-refractivity contribution is 0.299. The van der Waals surface area contributed by atoms with Gasteiger partial charge in [-0.1, -0.05) is 48.5 Å². The van der Waals surface area contributed by atoms with Gasteiger partial charge in [0.25, 0.3) is 0 Å². The SMILES string of the molecule is OCCc1ccc(Cc2ccc(CCO)cc2-n2nc3ccccc3n2)c(-n2nc3ccccc3n2)c1. The molecule has 2 aromatic heterocycles. The van der Waals surface area contributed by atoms with E-state index in [9.17, 15) is 10.2 Å². The Kier molecular flexibility index (Phi) is 6.18. The van der Waals surface area contributed by atoms with Gasteiger partial charge in [-0.2, -0.15) is 9.59 Å². The minimum atomic E-state index is 0.0717.